The number of esters is 1. The molecule has 17 heavy (non-hydrogen) atoms. The van der Waals surface area contributed by atoms with Gasteiger partial charge in [0.05, 0.1) is 17.6 Å². The van der Waals surface area contributed by atoms with E-state index in [2.05, 4.69) is 4.74 Å². The number of carbonyl (C=O) groups is 2. The van der Waals surface area contributed by atoms with Crippen LogP contribution in [-0.4, -0.2) is 30.6 Å². The van der Waals surface area contributed by atoms with Crippen molar-refractivity contribution in [2.24, 2.45) is 0 Å². The number of ketones is 1. The number of Topliss-reactive ketones (excluding diaryl/α,β-unsaturated/α-hetero) is 1. The highest BCUT2D eigenvalue weighted by Gasteiger charge is 2.11. The van der Waals surface area contributed by atoms with E-state index in [9.17, 15) is 9.59 Å². The Bertz CT molecular complexity index is 571. The molecule has 2 rings (SSSR count). The first-order valence-electron chi connectivity index (χ1n) is 4.91. The van der Waals surface area contributed by atoms with E-state index in [0.717, 1.165) is 10.1 Å². The number of fused-ring (bicyclic) bond motifs is 1. The van der Waals surface area contributed by atoms with Crippen LogP contribution in [0.5, 0.6) is 0 Å². The molecule has 0 spiro atoms. The maximum Gasteiger partial charge on any atom is 0.337 e. The molecule has 1 aromatic carbocycles. The third kappa shape index (κ3) is 2.20. The predicted molar refractivity (Wildman–Crippen MR) is 64.6 cm³/mol. The largest absolute Gasteiger partial charge is 0.465 e. The average Bonchev–Trinajstić information content (AvgIpc) is 2.79. The van der Waals surface area contributed by atoms with Crippen LogP contribution in [-0.2, 0) is 4.74 Å². The van der Waals surface area contributed by atoms with Gasteiger partial charge in [0.15, 0.2) is 5.78 Å². The Labute approximate surface area is 101 Å². The Hall–Kier alpha value is -1.72. The van der Waals surface area contributed by atoms with Gasteiger partial charge in [0.1, 0.15) is 6.61 Å². The molecule has 0 unspecified atom stereocenters. The Morgan fingerprint density at radius 2 is 2.12 bits per heavy atom. The van der Waals surface area contributed by atoms with E-state index < -0.39 is 12.6 Å². The summed E-state index contributed by atoms with van der Waals surface area (Å²) >= 11 is 1.30. The molecule has 0 saturated carbocycles. The fourth-order valence-corrected chi connectivity index (χ4v) is 2.48. The lowest BCUT2D eigenvalue weighted by molar-refractivity contribution is 0.0601. The van der Waals surface area contributed by atoms with Crippen molar-refractivity contribution in [1.29, 1.82) is 0 Å². The SMILES string of the molecule is COC(=O)c1ccc2sc(C(=O)CO)cc2c1. The van der Waals surface area contributed by atoms with E-state index in [-0.39, 0.29) is 5.78 Å². The van der Waals surface area contributed by atoms with Crippen LogP contribution in [0.3, 0.4) is 0 Å². The minimum absolute atomic E-state index is 0.314. The average molecular weight is 250 g/mol. The van der Waals surface area contributed by atoms with Crippen molar-refractivity contribution in [2.75, 3.05) is 13.7 Å². The van der Waals surface area contributed by atoms with Gasteiger partial charge in [-0.3, -0.25) is 4.79 Å². The number of benzene rings is 1. The van der Waals surface area contributed by atoms with Gasteiger partial charge in [-0.15, -0.1) is 11.3 Å². The maximum atomic E-state index is 11.3. The lowest BCUT2D eigenvalue weighted by atomic mass is 10.1. The normalized spacial score (nSPS) is 10.5. The van der Waals surface area contributed by atoms with Gasteiger partial charge in [-0.25, -0.2) is 4.79 Å². The van der Waals surface area contributed by atoms with E-state index in [4.69, 9.17) is 5.11 Å². The van der Waals surface area contributed by atoms with Gasteiger partial charge in [-0.1, -0.05) is 0 Å². The van der Waals surface area contributed by atoms with Crippen molar-refractivity contribution < 1.29 is 19.4 Å². The summed E-state index contributed by atoms with van der Waals surface area (Å²) < 4.78 is 5.52. The second-order valence-corrected chi connectivity index (χ2v) is 4.52. The highest BCUT2D eigenvalue weighted by Crippen LogP contribution is 2.27. The number of hydrogen-bond acceptors (Lipinski definition) is 5. The molecule has 0 atom stereocenters. The number of methoxy groups -OCH3 is 1. The molecule has 0 radical (unpaired) electrons. The zero-order valence-electron chi connectivity index (χ0n) is 9.10. The molecule has 1 N–H and O–H groups in total. The predicted octanol–water partition coefficient (Wildman–Crippen LogP) is 1.86. The lowest BCUT2D eigenvalue weighted by Crippen LogP contribution is -2.00. The van der Waals surface area contributed by atoms with Gasteiger partial charge in [0, 0.05) is 4.70 Å². The second kappa shape index (κ2) is 4.65. The summed E-state index contributed by atoms with van der Waals surface area (Å²) in [7, 11) is 1.32. The Morgan fingerprint density at radius 1 is 1.35 bits per heavy atom. The summed E-state index contributed by atoms with van der Waals surface area (Å²) in [6, 6.07) is 6.76. The van der Waals surface area contributed by atoms with Crippen LogP contribution >= 0.6 is 11.3 Å². The first-order chi connectivity index (χ1) is 8.15. The zero-order valence-corrected chi connectivity index (χ0v) is 9.91. The van der Waals surface area contributed by atoms with Gasteiger partial charge < -0.3 is 9.84 Å². The van der Waals surface area contributed by atoms with Gasteiger partial charge in [0.2, 0.25) is 0 Å². The molecule has 5 heteroatoms. The molecule has 0 aliphatic heterocycles. The Kier molecular flexibility index (Phi) is 3.21. The van der Waals surface area contributed by atoms with Crippen LogP contribution in [0.25, 0.3) is 10.1 Å². The number of carbonyl (C=O) groups excluding carboxylic acids is 2. The fraction of sp³-hybridized carbons (Fsp3) is 0.167. The number of ether oxygens (including phenoxy) is 1. The van der Waals surface area contributed by atoms with Crippen LogP contribution in [0.1, 0.15) is 20.0 Å². The molecule has 0 saturated heterocycles. The topological polar surface area (TPSA) is 63.6 Å². The third-order valence-corrected chi connectivity index (χ3v) is 3.51. The molecule has 2 aromatic rings. The first kappa shape index (κ1) is 11.8. The number of aliphatic hydroxyl groups excluding tert-OH is 1. The summed E-state index contributed by atoms with van der Waals surface area (Å²) in [5.41, 5.74) is 0.445. The van der Waals surface area contributed by atoms with Crippen LogP contribution in [0, 0.1) is 0 Å². The van der Waals surface area contributed by atoms with Gasteiger partial charge in [-0.2, -0.15) is 0 Å². The molecule has 0 amide bonds. The van der Waals surface area contributed by atoms with E-state index in [1.807, 2.05) is 0 Å². The summed E-state index contributed by atoms with van der Waals surface area (Å²) in [6.07, 6.45) is 0. The minimum atomic E-state index is -0.503. The van der Waals surface area contributed by atoms with Crippen LogP contribution in [0.2, 0.25) is 0 Å². The molecular formula is C12H10O4S. The second-order valence-electron chi connectivity index (χ2n) is 3.44. The van der Waals surface area contributed by atoms with Crippen molar-refractivity contribution in [3.63, 3.8) is 0 Å². The highest BCUT2D eigenvalue weighted by atomic mass is 32.1. The van der Waals surface area contributed by atoms with Gasteiger partial charge in [0.25, 0.3) is 0 Å². The van der Waals surface area contributed by atoms with Gasteiger partial charge >= 0.3 is 5.97 Å². The van der Waals surface area contributed by atoms with Crippen molar-refractivity contribution in [1.82, 2.24) is 0 Å². The first-order valence-corrected chi connectivity index (χ1v) is 5.73. The van der Waals surface area contributed by atoms with Crippen molar-refractivity contribution in [3.8, 4) is 0 Å². The molecular weight excluding hydrogens is 240 g/mol. The number of rotatable bonds is 3. The van der Waals surface area contributed by atoms with E-state index in [0.29, 0.717) is 10.4 Å². The summed E-state index contributed by atoms with van der Waals surface area (Å²) in [5, 5.41) is 9.58. The van der Waals surface area contributed by atoms with Crippen molar-refractivity contribution in [3.05, 3.63) is 34.7 Å². The summed E-state index contributed by atoms with van der Waals surface area (Å²) in [4.78, 5) is 23.1. The molecule has 0 bridgehead atoms. The molecule has 88 valence electrons. The molecule has 0 aliphatic carbocycles. The Balaban J connectivity index is 2.48. The third-order valence-electron chi connectivity index (χ3n) is 2.36. The van der Waals surface area contributed by atoms with Crippen LogP contribution < -0.4 is 0 Å². The zero-order chi connectivity index (χ0) is 12.4. The van der Waals surface area contributed by atoms with Crippen LogP contribution in [0.4, 0.5) is 0 Å². The molecule has 4 nitrogen and oxygen atoms in total. The van der Waals surface area contributed by atoms with Gasteiger partial charge in [-0.05, 0) is 29.7 Å². The smallest absolute Gasteiger partial charge is 0.337 e. The standard InChI is InChI=1S/C12H10O4S/c1-16-12(15)7-2-3-10-8(4-7)5-11(17-10)9(14)6-13/h2-5,13H,6H2,1H3. The van der Waals surface area contributed by atoms with Crippen LogP contribution in [0.15, 0.2) is 24.3 Å². The number of aliphatic hydroxyl groups is 1. The minimum Gasteiger partial charge on any atom is -0.465 e. The van der Waals surface area contributed by atoms with E-state index in [1.165, 1.54) is 18.4 Å². The quantitative estimate of drug-likeness (QED) is 0.667. The van der Waals surface area contributed by atoms with Crippen molar-refractivity contribution in [2.45, 2.75) is 0 Å². The summed E-state index contributed by atoms with van der Waals surface area (Å²) in [6.45, 7) is -0.503. The fourth-order valence-electron chi connectivity index (χ4n) is 1.50. The molecule has 1 heterocycles. The molecule has 0 aliphatic rings. The molecule has 1 aromatic heterocycles. The van der Waals surface area contributed by atoms with Crippen molar-refractivity contribution >= 4 is 33.2 Å². The number of hydrogen-bond donors (Lipinski definition) is 1. The van der Waals surface area contributed by atoms with E-state index >= 15 is 0 Å². The maximum absolute atomic E-state index is 11.3. The highest BCUT2D eigenvalue weighted by molar-refractivity contribution is 7.20. The Morgan fingerprint density at radius 3 is 2.76 bits per heavy atom. The number of thiophene rings is 1. The lowest BCUT2D eigenvalue weighted by Gasteiger charge is -1.97. The van der Waals surface area contributed by atoms with E-state index in [1.54, 1.807) is 24.3 Å². The monoisotopic (exact) mass is 250 g/mol. The summed E-state index contributed by atoms with van der Waals surface area (Å²) in [5.74, 6) is -0.723. The molecule has 0 fully saturated rings.